The van der Waals surface area contributed by atoms with Crippen LogP contribution >= 0.6 is 11.8 Å². The fourth-order valence-corrected chi connectivity index (χ4v) is 2.47. The van der Waals surface area contributed by atoms with E-state index in [0.29, 0.717) is 16.5 Å². The maximum atomic E-state index is 8.74. The van der Waals surface area contributed by atoms with E-state index < -0.39 is 0 Å². The van der Waals surface area contributed by atoms with E-state index in [-0.39, 0.29) is 0 Å². The molecule has 0 spiro atoms. The third-order valence-corrected chi connectivity index (χ3v) is 3.47. The van der Waals surface area contributed by atoms with Crippen molar-refractivity contribution in [3.8, 4) is 6.07 Å². The Hall–Kier alpha value is -2.46. The molecule has 0 saturated heterocycles. The first-order valence-corrected chi connectivity index (χ1v) is 6.72. The van der Waals surface area contributed by atoms with Gasteiger partial charge in [0, 0.05) is 17.6 Å². The first-order valence-electron chi connectivity index (χ1n) is 5.91. The first-order chi connectivity index (χ1) is 9.65. The van der Waals surface area contributed by atoms with E-state index >= 15 is 0 Å². The third kappa shape index (κ3) is 2.33. The highest BCUT2D eigenvalue weighted by Gasteiger charge is 2.09. The zero-order chi connectivity index (χ0) is 14.1. The molecule has 0 unspecified atom stereocenters. The van der Waals surface area contributed by atoms with Crippen molar-refractivity contribution < 1.29 is 0 Å². The minimum Gasteiger partial charge on any atom is -0.248 e. The maximum Gasteiger partial charge on any atom is 0.253 e. The molecule has 3 heterocycles. The highest BCUT2D eigenvalue weighted by atomic mass is 32.2. The molecule has 6 nitrogen and oxygen atoms in total. The van der Waals surface area contributed by atoms with E-state index in [1.54, 1.807) is 16.6 Å². The SMILES string of the molecule is Cc1cc(C)n2nc(Sc3ccc(C#N)cn3)nc2n1. The molecule has 20 heavy (non-hydrogen) atoms. The number of hydrogen-bond donors (Lipinski definition) is 0. The molecule has 0 aromatic carbocycles. The maximum absolute atomic E-state index is 8.74. The average Bonchev–Trinajstić information content (AvgIpc) is 2.82. The van der Waals surface area contributed by atoms with Crippen LogP contribution < -0.4 is 0 Å². The Bertz CT molecular complexity index is 815. The van der Waals surface area contributed by atoms with Gasteiger partial charge in [-0.05, 0) is 43.8 Å². The summed E-state index contributed by atoms with van der Waals surface area (Å²) in [4.78, 5) is 12.9. The molecule has 0 bridgehead atoms. The van der Waals surface area contributed by atoms with Crippen molar-refractivity contribution in [2.24, 2.45) is 0 Å². The molecular weight excluding hydrogens is 272 g/mol. The predicted octanol–water partition coefficient (Wildman–Crippen LogP) is 2.16. The van der Waals surface area contributed by atoms with Gasteiger partial charge in [0.2, 0.25) is 5.16 Å². The van der Waals surface area contributed by atoms with Crippen LogP contribution in [0, 0.1) is 25.2 Å². The minimum absolute atomic E-state index is 0.533. The zero-order valence-electron chi connectivity index (χ0n) is 10.9. The minimum atomic E-state index is 0.533. The standard InChI is InChI=1S/C13H10N6S/c1-8-5-9(2)19-12(16-8)17-13(18-19)20-11-4-3-10(6-14)7-15-11/h3-5,7H,1-2H3. The van der Waals surface area contributed by atoms with Crippen LogP contribution in [0.15, 0.2) is 34.6 Å². The van der Waals surface area contributed by atoms with Gasteiger partial charge in [-0.3, -0.25) is 0 Å². The highest BCUT2D eigenvalue weighted by Crippen LogP contribution is 2.23. The Labute approximate surface area is 119 Å². The van der Waals surface area contributed by atoms with Gasteiger partial charge < -0.3 is 0 Å². The van der Waals surface area contributed by atoms with E-state index in [4.69, 9.17) is 5.26 Å². The van der Waals surface area contributed by atoms with Crippen LogP contribution in [-0.2, 0) is 0 Å². The first kappa shape index (κ1) is 12.6. The van der Waals surface area contributed by atoms with Gasteiger partial charge in [-0.25, -0.2) is 14.5 Å². The quantitative estimate of drug-likeness (QED) is 0.716. The number of nitriles is 1. The second-order valence-electron chi connectivity index (χ2n) is 4.24. The molecule has 0 aliphatic heterocycles. The number of fused-ring (bicyclic) bond motifs is 1. The second kappa shape index (κ2) is 4.90. The highest BCUT2D eigenvalue weighted by molar-refractivity contribution is 7.99. The Kier molecular flexibility index (Phi) is 3.08. The third-order valence-electron chi connectivity index (χ3n) is 2.66. The van der Waals surface area contributed by atoms with Crippen LogP contribution in [0.1, 0.15) is 17.0 Å². The summed E-state index contributed by atoms with van der Waals surface area (Å²) in [6.45, 7) is 3.89. The number of rotatable bonds is 2. The molecule has 0 fully saturated rings. The molecule has 3 aromatic rings. The molecule has 98 valence electrons. The van der Waals surface area contributed by atoms with Crippen molar-refractivity contribution >= 4 is 17.5 Å². The zero-order valence-corrected chi connectivity index (χ0v) is 11.7. The molecule has 0 amide bonds. The van der Waals surface area contributed by atoms with Crippen molar-refractivity contribution in [2.75, 3.05) is 0 Å². The molecular formula is C13H10N6S. The van der Waals surface area contributed by atoms with Crippen LogP contribution in [0.4, 0.5) is 0 Å². The lowest BCUT2D eigenvalue weighted by atomic mass is 10.3. The summed E-state index contributed by atoms with van der Waals surface area (Å²) in [5.41, 5.74) is 2.43. The van der Waals surface area contributed by atoms with Gasteiger partial charge >= 0.3 is 0 Å². The number of hydrogen-bond acceptors (Lipinski definition) is 6. The van der Waals surface area contributed by atoms with Crippen molar-refractivity contribution in [1.29, 1.82) is 5.26 Å². The summed E-state index contributed by atoms with van der Waals surface area (Å²) in [6.07, 6.45) is 1.53. The van der Waals surface area contributed by atoms with Crippen LogP contribution in [0.2, 0.25) is 0 Å². The molecule has 0 aliphatic rings. The van der Waals surface area contributed by atoms with Crippen LogP contribution in [-0.4, -0.2) is 24.6 Å². The lowest BCUT2D eigenvalue weighted by Crippen LogP contribution is -1.97. The molecule has 3 rings (SSSR count). The number of pyridine rings is 1. The Morgan fingerprint density at radius 1 is 1.25 bits per heavy atom. The summed E-state index contributed by atoms with van der Waals surface area (Å²) in [5, 5.41) is 14.5. The van der Waals surface area contributed by atoms with Gasteiger partial charge in [-0.1, -0.05) is 0 Å². The molecule has 0 saturated carbocycles. The molecule has 0 N–H and O–H groups in total. The van der Waals surface area contributed by atoms with Crippen molar-refractivity contribution in [2.45, 2.75) is 24.0 Å². The Balaban J connectivity index is 1.94. The van der Waals surface area contributed by atoms with E-state index in [1.807, 2.05) is 26.0 Å². The van der Waals surface area contributed by atoms with E-state index in [1.165, 1.54) is 18.0 Å². The Morgan fingerprint density at radius 3 is 2.80 bits per heavy atom. The van der Waals surface area contributed by atoms with Gasteiger partial charge in [0.1, 0.15) is 11.1 Å². The van der Waals surface area contributed by atoms with Gasteiger partial charge in [0.25, 0.3) is 5.78 Å². The summed E-state index contributed by atoms with van der Waals surface area (Å²) in [7, 11) is 0. The number of aromatic nitrogens is 5. The topological polar surface area (TPSA) is 79.8 Å². The van der Waals surface area contributed by atoms with E-state index in [0.717, 1.165) is 16.4 Å². The monoisotopic (exact) mass is 282 g/mol. The summed E-state index contributed by atoms with van der Waals surface area (Å²) in [6, 6.07) is 7.49. The van der Waals surface area contributed by atoms with Crippen LogP contribution in [0.3, 0.4) is 0 Å². The average molecular weight is 282 g/mol. The lowest BCUT2D eigenvalue weighted by Gasteiger charge is -1.97. The summed E-state index contributed by atoms with van der Waals surface area (Å²) < 4.78 is 1.71. The molecule has 3 aromatic heterocycles. The van der Waals surface area contributed by atoms with Gasteiger partial charge in [-0.15, -0.1) is 5.10 Å². The van der Waals surface area contributed by atoms with Gasteiger partial charge in [-0.2, -0.15) is 10.2 Å². The molecule has 7 heteroatoms. The molecule has 0 aliphatic carbocycles. The van der Waals surface area contributed by atoms with Crippen LogP contribution in [0.5, 0.6) is 0 Å². The van der Waals surface area contributed by atoms with Crippen molar-refractivity contribution in [3.63, 3.8) is 0 Å². The fraction of sp³-hybridized carbons (Fsp3) is 0.154. The second-order valence-corrected chi connectivity index (χ2v) is 5.23. The normalized spacial score (nSPS) is 10.7. The lowest BCUT2D eigenvalue weighted by molar-refractivity contribution is 0.842. The van der Waals surface area contributed by atoms with E-state index in [2.05, 4.69) is 20.1 Å². The predicted molar refractivity (Wildman–Crippen MR) is 73.3 cm³/mol. The van der Waals surface area contributed by atoms with Gasteiger partial charge in [0.15, 0.2) is 0 Å². The fourth-order valence-electron chi connectivity index (χ4n) is 1.79. The van der Waals surface area contributed by atoms with Crippen molar-refractivity contribution in [1.82, 2.24) is 24.6 Å². The summed E-state index contributed by atoms with van der Waals surface area (Å²) in [5.74, 6) is 0.582. The van der Waals surface area contributed by atoms with Crippen molar-refractivity contribution in [3.05, 3.63) is 41.3 Å². The van der Waals surface area contributed by atoms with E-state index in [9.17, 15) is 0 Å². The summed E-state index contributed by atoms with van der Waals surface area (Å²) >= 11 is 1.34. The largest absolute Gasteiger partial charge is 0.253 e. The van der Waals surface area contributed by atoms with Gasteiger partial charge in [0.05, 0.1) is 5.56 Å². The Morgan fingerprint density at radius 2 is 2.10 bits per heavy atom. The number of aryl methyl sites for hydroxylation is 2. The smallest absolute Gasteiger partial charge is 0.248 e. The number of nitrogens with zero attached hydrogens (tertiary/aromatic N) is 6. The molecule has 0 radical (unpaired) electrons. The molecule has 0 atom stereocenters. The van der Waals surface area contributed by atoms with Crippen LogP contribution in [0.25, 0.3) is 5.78 Å².